The number of benzene rings is 1. The molecule has 2 N–H and O–H groups in total. The second-order valence-electron chi connectivity index (χ2n) is 7.41. The molecule has 4 amide bonds. The number of carbonyl (C=O) groups is 4. The second-order valence-corrected chi connectivity index (χ2v) is 7.41. The fraction of sp³-hybridized carbons (Fsp3) is 0.524. The van der Waals surface area contributed by atoms with Gasteiger partial charge in [0.2, 0.25) is 5.91 Å². The molecule has 3 rings (SSSR count). The van der Waals surface area contributed by atoms with Gasteiger partial charge in [-0.15, -0.1) is 0 Å². The molecule has 0 bridgehead atoms. The van der Waals surface area contributed by atoms with Crippen LogP contribution in [0.1, 0.15) is 30.1 Å². The highest BCUT2D eigenvalue weighted by Crippen LogP contribution is 2.15. The summed E-state index contributed by atoms with van der Waals surface area (Å²) in [5.41, 5.74) is 0.576. The first-order valence-electron chi connectivity index (χ1n) is 10.3. The summed E-state index contributed by atoms with van der Waals surface area (Å²) < 4.78 is 10.7. The zero-order chi connectivity index (χ0) is 22.4. The molecule has 2 saturated heterocycles. The number of aliphatic hydroxyl groups excluding tert-OH is 1. The Kier molecular flexibility index (Phi) is 7.59. The summed E-state index contributed by atoms with van der Waals surface area (Å²) in [6.07, 6.45) is -0.833. The summed E-state index contributed by atoms with van der Waals surface area (Å²) in [6, 6.07) is 4.93. The Bertz CT molecular complexity index is 821. The predicted octanol–water partition coefficient (Wildman–Crippen LogP) is 0.188. The number of β-amino-alcohol motifs (C(OH)–C–C–N with tert-alkyl or cyclic N) is 1. The maximum absolute atomic E-state index is 12.5. The molecule has 0 aromatic heterocycles. The van der Waals surface area contributed by atoms with Crippen LogP contribution in [0.25, 0.3) is 0 Å². The first kappa shape index (κ1) is 22.7. The van der Waals surface area contributed by atoms with E-state index >= 15 is 0 Å². The van der Waals surface area contributed by atoms with Crippen LogP contribution in [0.4, 0.5) is 4.79 Å². The highest BCUT2D eigenvalue weighted by molar-refractivity contribution is 6.05. The van der Waals surface area contributed by atoms with Crippen molar-refractivity contribution in [2.24, 2.45) is 0 Å². The number of morpholine rings is 1. The van der Waals surface area contributed by atoms with Crippen molar-refractivity contribution in [3.8, 4) is 5.75 Å². The molecule has 0 aliphatic carbocycles. The smallest absolute Gasteiger partial charge is 0.324 e. The normalized spacial score (nSPS) is 19.9. The van der Waals surface area contributed by atoms with Crippen molar-refractivity contribution < 1.29 is 33.8 Å². The van der Waals surface area contributed by atoms with E-state index in [-0.39, 0.29) is 31.3 Å². The maximum atomic E-state index is 12.5. The summed E-state index contributed by atoms with van der Waals surface area (Å²) in [5, 5.41) is 12.7. The van der Waals surface area contributed by atoms with E-state index in [1.54, 1.807) is 36.1 Å². The molecule has 2 unspecified atom stereocenters. The lowest BCUT2D eigenvalue weighted by Gasteiger charge is -2.27. The molecule has 10 heteroatoms. The molecule has 168 valence electrons. The highest BCUT2D eigenvalue weighted by atomic mass is 16.5. The summed E-state index contributed by atoms with van der Waals surface area (Å²) >= 11 is 0. The number of aliphatic hydroxyl groups is 1. The zero-order valence-corrected chi connectivity index (χ0v) is 17.4. The third kappa shape index (κ3) is 5.80. The monoisotopic (exact) mass is 433 g/mol. The number of rotatable bonds is 9. The zero-order valence-electron chi connectivity index (χ0n) is 17.4. The molecule has 2 aliphatic rings. The maximum Gasteiger partial charge on any atom is 0.324 e. The van der Waals surface area contributed by atoms with Gasteiger partial charge in [-0.2, -0.15) is 0 Å². The van der Waals surface area contributed by atoms with E-state index in [2.05, 4.69) is 5.32 Å². The van der Waals surface area contributed by atoms with Crippen LogP contribution in [0.2, 0.25) is 0 Å². The topological polar surface area (TPSA) is 125 Å². The van der Waals surface area contributed by atoms with Crippen LogP contribution in [0, 0.1) is 0 Å². The van der Waals surface area contributed by atoms with Gasteiger partial charge >= 0.3 is 6.03 Å². The van der Waals surface area contributed by atoms with Gasteiger partial charge in [0, 0.05) is 25.1 Å². The third-order valence-corrected chi connectivity index (χ3v) is 5.18. The van der Waals surface area contributed by atoms with Crippen LogP contribution >= 0.6 is 0 Å². The summed E-state index contributed by atoms with van der Waals surface area (Å²) in [7, 11) is 0. The van der Waals surface area contributed by atoms with E-state index in [4.69, 9.17) is 9.47 Å². The van der Waals surface area contributed by atoms with Crippen molar-refractivity contribution in [2.75, 3.05) is 39.5 Å². The van der Waals surface area contributed by atoms with Gasteiger partial charge in [-0.25, -0.2) is 4.79 Å². The van der Waals surface area contributed by atoms with E-state index in [0.29, 0.717) is 44.0 Å². The van der Waals surface area contributed by atoms with Crippen molar-refractivity contribution in [1.82, 2.24) is 15.1 Å². The number of nitrogens with zero attached hydrogens (tertiary/aromatic N) is 2. The molecule has 0 spiro atoms. The fourth-order valence-electron chi connectivity index (χ4n) is 3.40. The SMILES string of the molecule is CCC(=O)c1ccc(OCC(O)CN2C(=O)NC(CC(=O)N3CCOCC3)C2=O)cc1. The molecule has 1 aromatic carbocycles. The molecule has 10 nitrogen and oxygen atoms in total. The lowest BCUT2D eigenvalue weighted by Crippen LogP contribution is -2.44. The van der Waals surface area contributed by atoms with E-state index in [9.17, 15) is 24.3 Å². The second kappa shape index (κ2) is 10.4. The number of urea groups is 1. The van der Waals surface area contributed by atoms with Crippen molar-refractivity contribution in [3.63, 3.8) is 0 Å². The highest BCUT2D eigenvalue weighted by Gasteiger charge is 2.40. The lowest BCUT2D eigenvalue weighted by molar-refractivity contribution is -0.138. The average molecular weight is 433 g/mol. The standard InChI is InChI=1S/C21H27N3O7/c1-2-18(26)14-3-5-16(6-4-14)31-13-15(25)12-24-20(28)17(22-21(24)29)11-19(27)23-7-9-30-10-8-23/h3-6,15,17,25H,2,7-13H2,1H3,(H,22,29). The molecule has 0 saturated carbocycles. The minimum Gasteiger partial charge on any atom is -0.491 e. The number of ether oxygens (including phenoxy) is 2. The number of Topliss-reactive ketones (excluding diaryl/α,β-unsaturated/α-hetero) is 1. The third-order valence-electron chi connectivity index (χ3n) is 5.18. The number of hydrogen-bond acceptors (Lipinski definition) is 7. The van der Waals surface area contributed by atoms with Crippen molar-refractivity contribution in [3.05, 3.63) is 29.8 Å². The number of nitrogens with one attached hydrogen (secondary N) is 1. The van der Waals surface area contributed by atoms with Crippen LogP contribution in [-0.2, 0) is 14.3 Å². The Morgan fingerprint density at radius 2 is 1.90 bits per heavy atom. The molecule has 31 heavy (non-hydrogen) atoms. The van der Waals surface area contributed by atoms with Gasteiger partial charge < -0.3 is 24.8 Å². The van der Waals surface area contributed by atoms with Gasteiger partial charge in [0.1, 0.15) is 24.5 Å². The van der Waals surface area contributed by atoms with Crippen LogP contribution < -0.4 is 10.1 Å². The minimum absolute atomic E-state index is 0.0202. The first-order chi connectivity index (χ1) is 14.9. The summed E-state index contributed by atoms with van der Waals surface area (Å²) in [5.74, 6) is -0.296. The lowest BCUT2D eigenvalue weighted by atomic mass is 10.1. The van der Waals surface area contributed by atoms with E-state index in [0.717, 1.165) is 4.90 Å². The molecule has 2 fully saturated rings. The summed E-state index contributed by atoms with van der Waals surface area (Å²) in [4.78, 5) is 51.2. The Morgan fingerprint density at radius 1 is 1.23 bits per heavy atom. The van der Waals surface area contributed by atoms with Gasteiger partial charge in [-0.3, -0.25) is 19.3 Å². The van der Waals surface area contributed by atoms with Crippen molar-refractivity contribution >= 4 is 23.6 Å². The van der Waals surface area contributed by atoms with Gasteiger partial charge in [-0.05, 0) is 24.3 Å². The molecule has 2 atom stereocenters. The summed E-state index contributed by atoms with van der Waals surface area (Å²) in [6.45, 7) is 3.21. The minimum atomic E-state index is -1.11. The molecular formula is C21H27N3O7. The number of ketones is 1. The fourth-order valence-corrected chi connectivity index (χ4v) is 3.40. The van der Waals surface area contributed by atoms with E-state index in [1.807, 2.05) is 0 Å². The van der Waals surface area contributed by atoms with Crippen LogP contribution in [0.3, 0.4) is 0 Å². The van der Waals surface area contributed by atoms with Crippen molar-refractivity contribution in [2.45, 2.75) is 31.9 Å². The van der Waals surface area contributed by atoms with Crippen molar-refractivity contribution in [1.29, 1.82) is 0 Å². The quantitative estimate of drug-likeness (QED) is 0.421. The van der Waals surface area contributed by atoms with Crippen LogP contribution in [0.5, 0.6) is 5.75 Å². The number of amides is 4. The molecule has 2 heterocycles. The number of imide groups is 1. The van der Waals surface area contributed by atoms with Gasteiger partial charge in [-0.1, -0.05) is 6.92 Å². The van der Waals surface area contributed by atoms with Crippen LogP contribution in [0.15, 0.2) is 24.3 Å². The largest absolute Gasteiger partial charge is 0.491 e. The molecular weight excluding hydrogens is 406 g/mol. The Labute approximate surface area is 180 Å². The predicted molar refractivity (Wildman–Crippen MR) is 109 cm³/mol. The number of carbonyl (C=O) groups excluding carboxylic acids is 4. The van der Waals surface area contributed by atoms with Gasteiger partial charge in [0.15, 0.2) is 5.78 Å². The van der Waals surface area contributed by atoms with Gasteiger partial charge in [0.25, 0.3) is 5.91 Å². The Balaban J connectivity index is 1.47. The molecule has 0 radical (unpaired) electrons. The number of hydrogen-bond donors (Lipinski definition) is 2. The van der Waals surface area contributed by atoms with Gasteiger partial charge in [0.05, 0.1) is 26.2 Å². The van der Waals surface area contributed by atoms with E-state index < -0.39 is 24.1 Å². The van der Waals surface area contributed by atoms with E-state index in [1.165, 1.54) is 0 Å². The molecule has 1 aromatic rings. The molecule has 2 aliphatic heterocycles. The van der Waals surface area contributed by atoms with Crippen LogP contribution in [-0.4, -0.2) is 90.1 Å². The average Bonchev–Trinajstić information content (AvgIpc) is 3.05. The Morgan fingerprint density at radius 3 is 2.55 bits per heavy atom. The first-order valence-corrected chi connectivity index (χ1v) is 10.3. The Hall–Kier alpha value is -2.98.